The number of hydrogen-bond acceptors (Lipinski definition) is 7. The van der Waals surface area contributed by atoms with E-state index < -0.39 is 11.9 Å². The number of benzene rings is 1. The molecule has 0 bridgehead atoms. The van der Waals surface area contributed by atoms with Gasteiger partial charge in [0.15, 0.2) is 0 Å². The van der Waals surface area contributed by atoms with Gasteiger partial charge >= 0.3 is 5.97 Å². The number of ether oxygens (including phenoxy) is 1. The van der Waals surface area contributed by atoms with E-state index in [2.05, 4.69) is 10.5 Å². The zero-order valence-corrected chi connectivity index (χ0v) is 19.4. The maximum atomic E-state index is 12.8. The Morgan fingerprint density at radius 3 is 2.52 bits per heavy atom. The summed E-state index contributed by atoms with van der Waals surface area (Å²) >= 11 is 0. The van der Waals surface area contributed by atoms with Gasteiger partial charge in [-0.15, -0.1) is 0 Å². The van der Waals surface area contributed by atoms with Gasteiger partial charge in [-0.05, 0) is 57.9 Å². The van der Waals surface area contributed by atoms with Crippen LogP contribution in [0.2, 0.25) is 0 Å². The van der Waals surface area contributed by atoms with E-state index in [1.54, 1.807) is 43.0 Å². The Morgan fingerprint density at radius 2 is 1.91 bits per heavy atom. The summed E-state index contributed by atoms with van der Waals surface area (Å²) in [6.45, 7) is 10.3. The number of aromatic nitrogens is 1. The summed E-state index contributed by atoms with van der Waals surface area (Å²) in [7, 11) is 0. The fraction of sp³-hybridized carbons (Fsp3) is 0.333. The number of furan rings is 1. The first-order valence-corrected chi connectivity index (χ1v) is 10.7. The molecule has 9 heteroatoms. The van der Waals surface area contributed by atoms with Crippen molar-refractivity contribution in [2.75, 3.05) is 25.0 Å². The van der Waals surface area contributed by atoms with Gasteiger partial charge in [-0.1, -0.05) is 11.2 Å². The lowest BCUT2D eigenvalue weighted by Crippen LogP contribution is -2.28. The Balaban J connectivity index is 2.07. The number of nitrogens with one attached hydrogen (secondary N) is 1. The molecule has 2 amide bonds. The largest absolute Gasteiger partial charge is 0.460 e. The maximum Gasteiger partial charge on any atom is 0.376 e. The second-order valence-corrected chi connectivity index (χ2v) is 7.33. The Labute approximate surface area is 191 Å². The zero-order valence-electron chi connectivity index (χ0n) is 19.4. The van der Waals surface area contributed by atoms with E-state index in [9.17, 15) is 14.4 Å². The summed E-state index contributed by atoms with van der Waals surface area (Å²) < 4.78 is 15.8. The first kappa shape index (κ1) is 23.8. The lowest BCUT2D eigenvalue weighted by Gasteiger charge is -2.16. The van der Waals surface area contributed by atoms with Crippen molar-refractivity contribution in [3.63, 3.8) is 0 Å². The number of esters is 1. The quantitative estimate of drug-likeness (QED) is 0.396. The van der Waals surface area contributed by atoms with Crippen LogP contribution in [-0.2, 0) is 9.53 Å². The molecule has 1 aromatic carbocycles. The standard InChI is InChI=1S/C24H27N3O6/c1-6-27(7-2)20(28)11-14(4)16-9-10-19-17(12-16)21(22(32-19)24(30)31-8-3)26-23(29)18-13-25-33-15(18)5/h9-13H,6-8H2,1-5H3,(H,26,29). The van der Waals surface area contributed by atoms with Crippen molar-refractivity contribution in [3.8, 4) is 0 Å². The molecule has 2 heterocycles. The van der Waals surface area contributed by atoms with Crippen LogP contribution in [0.25, 0.3) is 16.5 Å². The number of anilines is 1. The van der Waals surface area contributed by atoms with E-state index in [1.807, 2.05) is 20.8 Å². The molecular formula is C24H27N3O6. The van der Waals surface area contributed by atoms with Crippen LogP contribution in [0.4, 0.5) is 5.69 Å². The third-order valence-electron chi connectivity index (χ3n) is 5.25. The highest BCUT2D eigenvalue weighted by atomic mass is 16.5. The third kappa shape index (κ3) is 4.97. The molecule has 174 valence electrons. The number of likely N-dealkylation sites (N-methyl/N-ethyl adjacent to an activating group) is 1. The molecule has 0 aliphatic heterocycles. The predicted molar refractivity (Wildman–Crippen MR) is 123 cm³/mol. The molecule has 0 atom stereocenters. The SMILES string of the molecule is CCOC(=O)c1oc2ccc(C(C)=CC(=O)N(CC)CC)cc2c1NC(=O)c1cnoc1C. The first-order valence-electron chi connectivity index (χ1n) is 10.7. The summed E-state index contributed by atoms with van der Waals surface area (Å²) in [5.74, 6) is -1.07. The molecule has 9 nitrogen and oxygen atoms in total. The van der Waals surface area contributed by atoms with Crippen LogP contribution < -0.4 is 5.32 Å². The van der Waals surface area contributed by atoms with Crippen molar-refractivity contribution in [1.82, 2.24) is 10.1 Å². The summed E-state index contributed by atoms with van der Waals surface area (Å²) in [4.78, 5) is 39.5. The minimum absolute atomic E-state index is 0.0894. The predicted octanol–water partition coefficient (Wildman–Crippen LogP) is 4.43. The van der Waals surface area contributed by atoms with E-state index in [4.69, 9.17) is 13.7 Å². The van der Waals surface area contributed by atoms with Crippen molar-refractivity contribution in [3.05, 3.63) is 53.1 Å². The molecule has 0 aliphatic carbocycles. The number of carbonyl (C=O) groups is 3. The lowest BCUT2D eigenvalue weighted by atomic mass is 10.0. The van der Waals surface area contributed by atoms with Gasteiger partial charge in [-0.3, -0.25) is 9.59 Å². The molecule has 0 saturated heterocycles. The molecule has 2 aromatic heterocycles. The van der Waals surface area contributed by atoms with Crippen LogP contribution in [0, 0.1) is 6.92 Å². The Morgan fingerprint density at radius 1 is 1.18 bits per heavy atom. The fourth-order valence-corrected chi connectivity index (χ4v) is 3.40. The number of hydrogen-bond donors (Lipinski definition) is 1. The second-order valence-electron chi connectivity index (χ2n) is 7.33. The van der Waals surface area contributed by atoms with Gasteiger partial charge in [0.2, 0.25) is 11.7 Å². The molecule has 0 saturated carbocycles. The van der Waals surface area contributed by atoms with E-state index in [1.165, 1.54) is 6.20 Å². The summed E-state index contributed by atoms with van der Waals surface area (Å²) in [5.41, 5.74) is 2.28. The van der Waals surface area contributed by atoms with Crippen LogP contribution in [0.5, 0.6) is 0 Å². The fourth-order valence-electron chi connectivity index (χ4n) is 3.40. The molecule has 33 heavy (non-hydrogen) atoms. The van der Waals surface area contributed by atoms with Crippen LogP contribution in [0.1, 0.15) is 59.9 Å². The molecule has 0 aliphatic rings. The number of fused-ring (bicyclic) bond motifs is 1. The number of nitrogens with zero attached hydrogens (tertiary/aromatic N) is 2. The van der Waals surface area contributed by atoms with Gasteiger partial charge in [0.05, 0.1) is 12.8 Å². The van der Waals surface area contributed by atoms with Crippen molar-refractivity contribution in [2.24, 2.45) is 0 Å². The first-order chi connectivity index (χ1) is 15.8. The number of amides is 2. The van der Waals surface area contributed by atoms with E-state index >= 15 is 0 Å². The Bertz CT molecular complexity index is 1220. The molecule has 0 unspecified atom stereocenters. The van der Waals surface area contributed by atoms with Gasteiger partial charge in [-0.25, -0.2) is 4.79 Å². The van der Waals surface area contributed by atoms with Crippen LogP contribution in [-0.4, -0.2) is 47.5 Å². The topological polar surface area (TPSA) is 115 Å². The monoisotopic (exact) mass is 453 g/mol. The van der Waals surface area contributed by atoms with Crippen LogP contribution in [0.3, 0.4) is 0 Å². The van der Waals surface area contributed by atoms with Crippen molar-refractivity contribution >= 4 is 40.0 Å². The van der Waals surface area contributed by atoms with Crippen molar-refractivity contribution in [1.29, 1.82) is 0 Å². The Kier molecular flexibility index (Phi) is 7.32. The Hall–Kier alpha value is -3.88. The van der Waals surface area contributed by atoms with Crippen LogP contribution >= 0.6 is 0 Å². The third-order valence-corrected chi connectivity index (χ3v) is 5.25. The van der Waals surface area contributed by atoms with E-state index in [-0.39, 0.29) is 29.5 Å². The van der Waals surface area contributed by atoms with Gasteiger partial charge in [-0.2, -0.15) is 0 Å². The van der Waals surface area contributed by atoms with E-state index in [0.29, 0.717) is 29.8 Å². The highest BCUT2D eigenvalue weighted by Gasteiger charge is 2.25. The highest BCUT2D eigenvalue weighted by molar-refractivity contribution is 6.14. The average molecular weight is 453 g/mol. The molecule has 0 fully saturated rings. The molecule has 3 aromatic rings. The molecular weight excluding hydrogens is 426 g/mol. The van der Waals surface area contributed by atoms with Gasteiger partial charge in [0, 0.05) is 24.6 Å². The van der Waals surface area contributed by atoms with Gasteiger partial charge in [0.1, 0.15) is 22.6 Å². The van der Waals surface area contributed by atoms with Crippen molar-refractivity contribution in [2.45, 2.75) is 34.6 Å². The normalized spacial score (nSPS) is 11.5. The lowest BCUT2D eigenvalue weighted by molar-refractivity contribution is -0.125. The van der Waals surface area contributed by atoms with E-state index in [0.717, 1.165) is 11.1 Å². The number of allylic oxidation sites excluding steroid dienone is 1. The minimum atomic E-state index is -0.698. The molecule has 1 N–H and O–H groups in total. The summed E-state index contributed by atoms with van der Waals surface area (Å²) in [5, 5.41) is 6.85. The van der Waals surface area contributed by atoms with Crippen molar-refractivity contribution < 1.29 is 28.1 Å². The average Bonchev–Trinajstić information content (AvgIpc) is 3.38. The number of rotatable bonds is 8. The highest BCUT2D eigenvalue weighted by Crippen LogP contribution is 2.34. The van der Waals surface area contributed by atoms with Gasteiger partial charge in [0.25, 0.3) is 5.91 Å². The van der Waals surface area contributed by atoms with Crippen LogP contribution in [0.15, 0.2) is 39.4 Å². The molecule has 0 spiro atoms. The number of aryl methyl sites for hydroxylation is 1. The summed E-state index contributed by atoms with van der Waals surface area (Å²) in [6.07, 6.45) is 2.87. The second kappa shape index (κ2) is 10.2. The smallest absolute Gasteiger partial charge is 0.376 e. The molecule has 0 radical (unpaired) electrons. The maximum absolute atomic E-state index is 12.8. The molecule has 3 rings (SSSR count). The van der Waals surface area contributed by atoms with Gasteiger partial charge < -0.3 is 23.9 Å². The minimum Gasteiger partial charge on any atom is -0.460 e. The summed E-state index contributed by atoms with van der Waals surface area (Å²) in [6, 6.07) is 5.24. The number of carbonyl (C=O) groups excluding carboxylic acids is 3. The zero-order chi connectivity index (χ0) is 24.1.